The number of hydrogen-bond donors (Lipinski definition) is 0. The van der Waals surface area contributed by atoms with Gasteiger partial charge in [0, 0.05) is 17.2 Å². The molecule has 1 aromatic rings. The van der Waals surface area contributed by atoms with Crippen LogP contribution in [0.4, 0.5) is 5.69 Å². The van der Waals surface area contributed by atoms with Gasteiger partial charge in [-0.05, 0) is 37.1 Å². The molecule has 0 saturated carbocycles. The molecular weight excluding hydrogens is 325 g/mol. The van der Waals surface area contributed by atoms with Crippen LogP contribution in [0.2, 0.25) is 0 Å². The minimum atomic E-state index is -0.637. The number of nitrogens with zero attached hydrogens (tertiary/aromatic N) is 1. The Morgan fingerprint density at radius 3 is 2.71 bits per heavy atom. The van der Waals surface area contributed by atoms with Crippen molar-refractivity contribution < 1.29 is 4.79 Å². The van der Waals surface area contributed by atoms with Gasteiger partial charge in [0.2, 0.25) is 5.91 Å². The number of rotatable bonds is 2. The minimum absolute atomic E-state index is 0.0388. The third kappa shape index (κ3) is 2.09. The summed E-state index contributed by atoms with van der Waals surface area (Å²) >= 11 is 15.1. The van der Waals surface area contributed by atoms with Gasteiger partial charge in [0.25, 0.3) is 0 Å². The molecule has 17 heavy (non-hydrogen) atoms. The molecule has 2 nitrogen and oxygen atoms in total. The van der Waals surface area contributed by atoms with Crippen molar-refractivity contribution in [3.8, 4) is 0 Å². The van der Waals surface area contributed by atoms with Crippen LogP contribution in [0, 0.1) is 0 Å². The van der Waals surface area contributed by atoms with Crippen LogP contribution in [0.3, 0.4) is 0 Å². The van der Waals surface area contributed by atoms with Crippen LogP contribution in [-0.2, 0) is 10.2 Å². The SMILES string of the molecule is CN1C(=O)C(C)(CC(Cl)Cl)c2cc(Br)ccc21. The van der Waals surface area contributed by atoms with Crippen LogP contribution >= 0.6 is 39.1 Å². The molecule has 2 rings (SSSR count). The first kappa shape index (κ1) is 13.2. The molecule has 0 fully saturated rings. The highest BCUT2D eigenvalue weighted by Gasteiger charge is 2.46. The van der Waals surface area contributed by atoms with Gasteiger partial charge in [-0.3, -0.25) is 4.79 Å². The summed E-state index contributed by atoms with van der Waals surface area (Å²) in [6.07, 6.45) is 0.419. The topological polar surface area (TPSA) is 20.3 Å². The quantitative estimate of drug-likeness (QED) is 0.750. The summed E-state index contributed by atoms with van der Waals surface area (Å²) in [5.41, 5.74) is 1.27. The molecule has 0 radical (unpaired) electrons. The number of amides is 1. The van der Waals surface area contributed by atoms with E-state index in [-0.39, 0.29) is 5.91 Å². The Morgan fingerprint density at radius 2 is 2.12 bits per heavy atom. The standard InChI is InChI=1S/C12H12BrCl2NO/c1-12(6-10(14)15)8-5-7(13)3-4-9(8)16(2)11(12)17/h3-5,10H,6H2,1-2H3. The summed E-state index contributed by atoms with van der Waals surface area (Å²) in [5, 5.41) is 0. The highest BCUT2D eigenvalue weighted by molar-refractivity contribution is 9.10. The predicted octanol–water partition coefficient (Wildman–Crippen LogP) is 3.88. The van der Waals surface area contributed by atoms with E-state index in [1.807, 2.05) is 25.1 Å². The maximum Gasteiger partial charge on any atom is 0.237 e. The summed E-state index contributed by atoms with van der Waals surface area (Å²) in [6, 6.07) is 5.82. The van der Waals surface area contributed by atoms with Crippen molar-refractivity contribution in [3.05, 3.63) is 28.2 Å². The predicted molar refractivity (Wildman–Crippen MR) is 75.0 cm³/mol. The van der Waals surface area contributed by atoms with Gasteiger partial charge in [-0.25, -0.2) is 0 Å². The van der Waals surface area contributed by atoms with Gasteiger partial charge in [-0.1, -0.05) is 15.9 Å². The van der Waals surface area contributed by atoms with Gasteiger partial charge >= 0.3 is 0 Å². The third-order valence-electron chi connectivity index (χ3n) is 3.25. The molecule has 0 bridgehead atoms. The average Bonchev–Trinajstić information content (AvgIpc) is 2.41. The first-order chi connectivity index (χ1) is 7.86. The van der Waals surface area contributed by atoms with Crippen molar-refractivity contribution >= 4 is 50.7 Å². The van der Waals surface area contributed by atoms with Crippen LogP contribution in [-0.4, -0.2) is 17.8 Å². The zero-order chi connectivity index (χ0) is 12.8. The van der Waals surface area contributed by atoms with Crippen LogP contribution < -0.4 is 4.90 Å². The number of hydrogen-bond acceptors (Lipinski definition) is 1. The van der Waals surface area contributed by atoms with Crippen LogP contribution in [0.25, 0.3) is 0 Å². The normalized spacial score (nSPS) is 23.4. The lowest BCUT2D eigenvalue weighted by Crippen LogP contribution is -2.37. The number of carbonyl (C=O) groups excluding carboxylic acids is 1. The van der Waals surface area contributed by atoms with Crippen molar-refractivity contribution in [1.29, 1.82) is 0 Å². The number of fused-ring (bicyclic) bond motifs is 1. The summed E-state index contributed by atoms with van der Waals surface area (Å²) in [5.74, 6) is 0.0388. The largest absolute Gasteiger partial charge is 0.314 e. The molecule has 92 valence electrons. The number of anilines is 1. The molecule has 0 saturated heterocycles. The van der Waals surface area contributed by atoms with E-state index in [0.717, 1.165) is 15.7 Å². The molecule has 1 aromatic carbocycles. The lowest BCUT2D eigenvalue weighted by Gasteiger charge is -2.23. The average molecular weight is 337 g/mol. The number of alkyl halides is 2. The minimum Gasteiger partial charge on any atom is -0.314 e. The molecular formula is C12H12BrCl2NO. The second kappa shape index (κ2) is 4.45. The molecule has 1 atom stereocenters. The zero-order valence-electron chi connectivity index (χ0n) is 9.51. The maximum absolute atomic E-state index is 12.3. The second-order valence-corrected chi connectivity index (χ2v) is 6.65. The monoisotopic (exact) mass is 335 g/mol. The number of benzene rings is 1. The molecule has 1 heterocycles. The van der Waals surface area contributed by atoms with E-state index in [1.54, 1.807) is 11.9 Å². The van der Waals surface area contributed by atoms with E-state index in [4.69, 9.17) is 23.2 Å². The number of carbonyl (C=O) groups is 1. The van der Waals surface area contributed by atoms with Crippen molar-refractivity contribution in [2.45, 2.75) is 23.6 Å². The molecule has 0 N–H and O–H groups in total. The van der Waals surface area contributed by atoms with Crippen molar-refractivity contribution in [3.63, 3.8) is 0 Å². The first-order valence-corrected chi connectivity index (χ1v) is 6.89. The Kier molecular flexibility index (Phi) is 3.45. The highest BCUT2D eigenvalue weighted by atomic mass is 79.9. The lowest BCUT2D eigenvalue weighted by atomic mass is 9.81. The fraction of sp³-hybridized carbons (Fsp3) is 0.417. The van der Waals surface area contributed by atoms with Gasteiger partial charge < -0.3 is 4.90 Å². The van der Waals surface area contributed by atoms with Crippen LogP contribution in [0.5, 0.6) is 0 Å². The molecule has 1 aliphatic rings. The second-order valence-electron chi connectivity index (χ2n) is 4.45. The van der Waals surface area contributed by atoms with Gasteiger partial charge in [0.1, 0.15) is 4.84 Å². The maximum atomic E-state index is 12.3. The Hall–Kier alpha value is -0.250. The highest BCUT2D eigenvalue weighted by Crippen LogP contribution is 2.45. The number of halogens is 3. The van der Waals surface area contributed by atoms with E-state index < -0.39 is 10.3 Å². The molecule has 1 unspecified atom stereocenters. The molecule has 0 aliphatic carbocycles. The summed E-state index contributed by atoms with van der Waals surface area (Å²) in [7, 11) is 1.78. The molecule has 5 heteroatoms. The van der Waals surface area contributed by atoms with Crippen molar-refractivity contribution in [2.24, 2.45) is 0 Å². The van der Waals surface area contributed by atoms with E-state index in [1.165, 1.54) is 0 Å². The Labute approximate surface area is 119 Å². The van der Waals surface area contributed by atoms with E-state index >= 15 is 0 Å². The van der Waals surface area contributed by atoms with Gasteiger partial charge in [-0.15, -0.1) is 23.2 Å². The lowest BCUT2D eigenvalue weighted by molar-refractivity contribution is -0.122. The Morgan fingerprint density at radius 1 is 1.47 bits per heavy atom. The van der Waals surface area contributed by atoms with Crippen molar-refractivity contribution in [2.75, 3.05) is 11.9 Å². The Bertz CT molecular complexity index is 478. The smallest absolute Gasteiger partial charge is 0.237 e. The van der Waals surface area contributed by atoms with E-state index in [0.29, 0.717) is 6.42 Å². The van der Waals surface area contributed by atoms with Crippen LogP contribution in [0.1, 0.15) is 18.9 Å². The van der Waals surface area contributed by atoms with Crippen LogP contribution in [0.15, 0.2) is 22.7 Å². The van der Waals surface area contributed by atoms with E-state index in [9.17, 15) is 4.79 Å². The first-order valence-electron chi connectivity index (χ1n) is 5.22. The summed E-state index contributed by atoms with van der Waals surface area (Å²) < 4.78 is 0.950. The fourth-order valence-electron chi connectivity index (χ4n) is 2.34. The van der Waals surface area contributed by atoms with Gasteiger partial charge in [0.15, 0.2) is 0 Å². The summed E-state index contributed by atoms with van der Waals surface area (Å²) in [6.45, 7) is 1.89. The molecule has 0 spiro atoms. The number of likely N-dealkylation sites (N-methyl/N-ethyl adjacent to an activating group) is 1. The molecule has 1 aliphatic heterocycles. The van der Waals surface area contributed by atoms with Crippen molar-refractivity contribution in [1.82, 2.24) is 0 Å². The summed E-state index contributed by atoms with van der Waals surface area (Å²) in [4.78, 5) is 13.4. The molecule has 0 aromatic heterocycles. The van der Waals surface area contributed by atoms with Gasteiger partial charge in [-0.2, -0.15) is 0 Å². The third-order valence-corrected chi connectivity index (χ3v) is 4.06. The Balaban J connectivity index is 2.56. The fourth-order valence-corrected chi connectivity index (χ4v) is 3.32. The molecule has 1 amide bonds. The van der Waals surface area contributed by atoms with E-state index in [2.05, 4.69) is 15.9 Å². The zero-order valence-corrected chi connectivity index (χ0v) is 12.6. The van der Waals surface area contributed by atoms with Gasteiger partial charge in [0.05, 0.1) is 5.41 Å².